The van der Waals surface area contributed by atoms with Crippen LogP contribution in [0.4, 0.5) is 5.82 Å². The molecule has 0 spiro atoms. The third kappa shape index (κ3) is 2.40. The summed E-state index contributed by atoms with van der Waals surface area (Å²) in [5.41, 5.74) is 5.83. The maximum absolute atomic E-state index is 12.3. The monoisotopic (exact) mass is 263 g/mol. The van der Waals surface area contributed by atoms with Crippen LogP contribution < -0.4 is 11.1 Å². The number of carbonyl (C=O) groups excluding carboxylic acids is 2. The Morgan fingerprint density at radius 2 is 2.21 bits per heavy atom. The molecule has 1 atom stereocenters. The quantitative estimate of drug-likeness (QED) is 0.706. The van der Waals surface area contributed by atoms with E-state index < -0.39 is 0 Å². The molecule has 0 radical (unpaired) electrons. The van der Waals surface area contributed by atoms with E-state index in [-0.39, 0.29) is 23.7 Å². The molecule has 1 saturated heterocycles. The molecule has 0 bridgehead atoms. The molecule has 1 aliphatic carbocycles. The van der Waals surface area contributed by atoms with Crippen LogP contribution >= 0.6 is 0 Å². The number of likely N-dealkylation sites (tertiary alicyclic amines) is 1. The lowest BCUT2D eigenvalue weighted by Gasteiger charge is -2.23. The van der Waals surface area contributed by atoms with E-state index in [1.54, 1.807) is 4.90 Å². The number of aromatic nitrogens is 2. The Balaban J connectivity index is 1.71. The molecule has 1 unspecified atom stereocenters. The lowest BCUT2D eigenvalue weighted by Crippen LogP contribution is -2.46. The highest BCUT2D eigenvalue weighted by Crippen LogP contribution is 2.23. The first kappa shape index (κ1) is 12.0. The lowest BCUT2D eigenvalue weighted by atomic mass is 10.2. The molecule has 2 fully saturated rings. The number of rotatable bonds is 3. The Morgan fingerprint density at radius 3 is 2.84 bits per heavy atom. The second-order valence-electron chi connectivity index (χ2n) is 5.15. The van der Waals surface area contributed by atoms with Crippen LogP contribution in [0, 0.1) is 0 Å². The second-order valence-corrected chi connectivity index (χ2v) is 5.15. The summed E-state index contributed by atoms with van der Waals surface area (Å²) in [6.07, 6.45) is 3.65. The first-order valence-electron chi connectivity index (χ1n) is 6.57. The summed E-state index contributed by atoms with van der Waals surface area (Å²) in [7, 11) is 0. The summed E-state index contributed by atoms with van der Waals surface area (Å²) in [6, 6.07) is 1.45. The number of hydrogen-bond donors (Lipinski definition) is 3. The molecule has 2 heterocycles. The van der Waals surface area contributed by atoms with Crippen LogP contribution in [0.2, 0.25) is 0 Å². The van der Waals surface area contributed by atoms with Crippen molar-refractivity contribution < 1.29 is 9.59 Å². The molecule has 19 heavy (non-hydrogen) atoms. The molecule has 2 aliphatic rings. The van der Waals surface area contributed by atoms with E-state index in [0.717, 1.165) is 19.3 Å². The van der Waals surface area contributed by atoms with Gasteiger partial charge in [-0.2, -0.15) is 5.10 Å². The highest BCUT2D eigenvalue weighted by Gasteiger charge is 2.37. The van der Waals surface area contributed by atoms with Crippen molar-refractivity contribution in [3.8, 4) is 0 Å². The Morgan fingerprint density at radius 1 is 1.42 bits per heavy atom. The van der Waals surface area contributed by atoms with Gasteiger partial charge in [-0.1, -0.05) is 0 Å². The Labute approximate surface area is 110 Å². The Kier molecular flexibility index (Phi) is 2.88. The summed E-state index contributed by atoms with van der Waals surface area (Å²) in [5.74, 6) is 0.0278. The fourth-order valence-corrected chi connectivity index (χ4v) is 2.41. The number of nitrogens with two attached hydrogens (primary N) is 1. The molecule has 1 aliphatic heterocycles. The van der Waals surface area contributed by atoms with Crippen LogP contribution in [-0.2, 0) is 4.79 Å². The standard InChI is InChI=1S/C12H17N5O2/c13-10-6-8(15-16-10)12(19)17-5-1-2-9(17)11(18)14-7-3-4-7/h6-7,9H,1-5H2,(H,14,18)(H3,13,15,16). The molecule has 1 saturated carbocycles. The van der Waals surface area contributed by atoms with E-state index in [4.69, 9.17) is 5.73 Å². The zero-order valence-corrected chi connectivity index (χ0v) is 10.6. The third-order valence-corrected chi connectivity index (χ3v) is 3.57. The van der Waals surface area contributed by atoms with E-state index >= 15 is 0 Å². The van der Waals surface area contributed by atoms with E-state index in [0.29, 0.717) is 24.7 Å². The van der Waals surface area contributed by atoms with Gasteiger partial charge in [0.15, 0.2) is 0 Å². The number of anilines is 1. The average molecular weight is 263 g/mol. The molecule has 1 aromatic rings. The van der Waals surface area contributed by atoms with Gasteiger partial charge in [-0.25, -0.2) is 0 Å². The first-order chi connectivity index (χ1) is 9.15. The fraction of sp³-hybridized carbons (Fsp3) is 0.583. The van der Waals surface area contributed by atoms with Crippen molar-refractivity contribution in [2.45, 2.75) is 37.8 Å². The molecular formula is C12H17N5O2. The Bertz CT molecular complexity index is 508. The minimum Gasteiger partial charge on any atom is -0.382 e. The van der Waals surface area contributed by atoms with E-state index in [1.165, 1.54) is 6.07 Å². The first-order valence-corrected chi connectivity index (χ1v) is 6.57. The second kappa shape index (κ2) is 4.56. The van der Waals surface area contributed by atoms with Gasteiger partial charge in [-0.05, 0) is 25.7 Å². The van der Waals surface area contributed by atoms with Crippen molar-refractivity contribution in [1.82, 2.24) is 20.4 Å². The molecule has 7 heteroatoms. The molecule has 102 valence electrons. The van der Waals surface area contributed by atoms with E-state index in [2.05, 4.69) is 15.5 Å². The van der Waals surface area contributed by atoms with Crippen LogP contribution in [0.5, 0.6) is 0 Å². The molecular weight excluding hydrogens is 246 g/mol. The average Bonchev–Trinajstić information content (AvgIpc) is 2.92. The van der Waals surface area contributed by atoms with Gasteiger partial charge in [0.25, 0.3) is 5.91 Å². The molecule has 3 rings (SSSR count). The molecule has 7 nitrogen and oxygen atoms in total. The largest absolute Gasteiger partial charge is 0.382 e. The van der Waals surface area contributed by atoms with Gasteiger partial charge in [0.1, 0.15) is 17.6 Å². The van der Waals surface area contributed by atoms with E-state index in [1.807, 2.05) is 0 Å². The zero-order chi connectivity index (χ0) is 13.4. The summed E-state index contributed by atoms with van der Waals surface area (Å²) < 4.78 is 0. The summed E-state index contributed by atoms with van der Waals surface area (Å²) in [6.45, 7) is 0.598. The highest BCUT2D eigenvalue weighted by molar-refractivity contribution is 5.97. The van der Waals surface area contributed by atoms with Crippen molar-refractivity contribution in [2.75, 3.05) is 12.3 Å². The van der Waals surface area contributed by atoms with Gasteiger partial charge in [0, 0.05) is 18.7 Å². The smallest absolute Gasteiger partial charge is 0.272 e. The van der Waals surface area contributed by atoms with Crippen molar-refractivity contribution in [1.29, 1.82) is 0 Å². The third-order valence-electron chi connectivity index (χ3n) is 3.57. The van der Waals surface area contributed by atoms with Crippen LogP contribution in [-0.4, -0.2) is 45.5 Å². The maximum atomic E-state index is 12.3. The summed E-state index contributed by atoms with van der Waals surface area (Å²) in [4.78, 5) is 26.0. The minimum atomic E-state index is -0.363. The molecule has 0 aromatic carbocycles. The molecule has 4 N–H and O–H groups in total. The predicted molar refractivity (Wildman–Crippen MR) is 68.2 cm³/mol. The van der Waals surface area contributed by atoms with Gasteiger partial charge in [0.2, 0.25) is 5.91 Å². The van der Waals surface area contributed by atoms with Crippen molar-refractivity contribution in [2.24, 2.45) is 0 Å². The molecule has 2 amide bonds. The number of amides is 2. The topological polar surface area (TPSA) is 104 Å². The van der Waals surface area contributed by atoms with Crippen LogP contribution in [0.1, 0.15) is 36.2 Å². The Hall–Kier alpha value is -2.05. The number of nitrogen functional groups attached to an aromatic ring is 1. The fourth-order valence-electron chi connectivity index (χ4n) is 2.41. The highest BCUT2D eigenvalue weighted by atomic mass is 16.2. The van der Waals surface area contributed by atoms with E-state index in [9.17, 15) is 9.59 Å². The predicted octanol–water partition coefficient (Wildman–Crippen LogP) is -0.125. The summed E-state index contributed by atoms with van der Waals surface area (Å²) in [5, 5.41) is 9.29. The molecule has 1 aromatic heterocycles. The number of nitrogens with zero attached hydrogens (tertiary/aromatic N) is 2. The number of aromatic amines is 1. The van der Waals surface area contributed by atoms with Crippen LogP contribution in [0.25, 0.3) is 0 Å². The van der Waals surface area contributed by atoms with Gasteiger partial charge in [0.05, 0.1) is 0 Å². The van der Waals surface area contributed by atoms with Crippen molar-refractivity contribution in [3.05, 3.63) is 11.8 Å². The summed E-state index contributed by atoms with van der Waals surface area (Å²) >= 11 is 0. The lowest BCUT2D eigenvalue weighted by molar-refractivity contribution is -0.125. The number of carbonyl (C=O) groups is 2. The van der Waals surface area contributed by atoms with Crippen LogP contribution in [0.15, 0.2) is 6.07 Å². The normalized spacial score (nSPS) is 22.5. The SMILES string of the molecule is Nc1cc(C(=O)N2CCCC2C(=O)NC2CC2)[nH]n1. The van der Waals surface area contributed by atoms with Gasteiger partial charge >= 0.3 is 0 Å². The van der Waals surface area contributed by atoms with Crippen LogP contribution in [0.3, 0.4) is 0 Å². The zero-order valence-electron chi connectivity index (χ0n) is 10.6. The van der Waals surface area contributed by atoms with Crippen molar-refractivity contribution in [3.63, 3.8) is 0 Å². The van der Waals surface area contributed by atoms with Gasteiger partial charge in [-0.3, -0.25) is 14.7 Å². The minimum absolute atomic E-state index is 0.0409. The number of H-pyrrole nitrogens is 1. The maximum Gasteiger partial charge on any atom is 0.272 e. The van der Waals surface area contributed by atoms with Gasteiger partial charge < -0.3 is 16.0 Å². The van der Waals surface area contributed by atoms with Crippen molar-refractivity contribution >= 4 is 17.6 Å². The van der Waals surface area contributed by atoms with Gasteiger partial charge in [-0.15, -0.1) is 0 Å². The number of hydrogen-bond acceptors (Lipinski definition) is 4. The number of nitrogens with one attached hydrogen (secondary N) is 2.